The van der Waals surface area contributed by atoms with E-state index in [1.807, 2.05) is 29.2 Å². The molecular weight excluding hydrogens is 216 g/mol. The van der Waals surface area contributed by atoms with Gasteiger partial charge >= 0.3 is 0 Å². The fraction of sp³-hybridized carbons (Fsp3) is 0.462. The van der Waals surface area contributed by atoms with Gasteiger partial charge in [0.2, 0.25) is 5.91 Å². The average Bonchev–Trinajstić information content (AvgIpc) is 2.39. The molecule has 1 N–H and O–H groups in total. The van der Waals surface area contributed by atoms with Crippen LogP contribution in [0, 0.1) is 0 Å². The Morgan fingerprint density at radius 3 is 2.71 bits per heavy atom. The van der Waals surface area contributed by atoms with Gasteiger partial charge in [0, 0.05) is 32.6 Å². The molecule has 1 aromatic carbocycles. The lowest BCUT2D eigenvalue weighted by Crippen LogP contribution is -2.47. The monoisotopic (exact) mass is 234 g/mol. The summed E-state index contributed by atoms with van der Waals surface area (Å²) in [5.41, 5.74) is 1.19. The number of hydrogen-bond acceptors (Lipinski definition) is 3. The van der Waals surface area contributed by atoms with Gasteiger partial charge in [0.05, 0.1) is 7.11 Å². The first-order valence-electron chi connectivity index (χ1n) is 5.83. The predicted octanol–water partition coefficient (Wildman–Crippen LogP) is 1.19. The molecular formula is C13H18N2O2. The summed E-state index contributed by atoms with van der Waals surface area (Å²) in [6, 6.07) is 8.20. The second-order valence-corrected chi connectivity index (χ2v) is 4.24. The third kappa shape index (κ3) is 2.77. The molecule has 0 spiro atoms. The molecule has 0 radical (unpaired) electrons. The fourth-order valence-electron chi connectivity index (χ4n) is 2.10. The predicted molar refractivity (Wildman–Crippen MR) is 66.0 cm³/mol. The van der Waals surface area contributed by atoms with E-state index in [-0.39, 0.29) is 11.9 Å². The van der Waals surface area contributed by atoms with Crippen LogP contribution < -0.4 is 10.1 Å². The van der Waals surface area contributed by atoms with Gasteiger partial charge in [-0.1, -0.05) is 12.1 Å². The van der Waals surface area contributed by atoms with Gasteiger partial charge < -0.3 is 15.0 Å². The van der Waals surface area contributed by atoms with Crippen molar-refractivity contribution < 1.29 is 9.53 Å². The number of nitrogens with one attached hydrogen (secondary N) is 1. The van der Waals surface area contributed by atoms with E-state index in [0.717, 1.165) is 25.4 Å². The van der Waals surface area contributed by atoms with Crippen molar-refractivity contribution in [3.63, 3.8) is 0 Å². The minimum atomic E-state index is 0.144. The molecule has 0 bridgehead atoms. The Morgan fingerprint density at radius 2 is 2.12 bits per heavy atom. The van der Waals surface area contributed by atoms with Gasteiger partial charge in [0.15, 0.2) is 0 Å². The number of rotatable bonds is 2. The molecule has 1 aromatic rings. The van der Waals surface area contributed by atoms with Crippen LogP contribution in [0.15, 0.2) is 24.3 Å². The topological polar surface area (TPSA) is 41.6 Å². The van der Waals surface area contributed by atoms with Crippen LogP contribution in [0.2, 0.25) is 0 Å². The largest absolute Gasteiger partial charge is 0.497 e. The molecule has 92 valence electrons. The number of benzene rings is 1. The zero-order valence-corrected chi connectivity index (χ0v) is 10.3. The Kier molecular flexibility index (Phi) is 3.64. The second-order valence-electron chi connectivity index (χ2n) is 4.24. The lowest BCUT2D eigenvalue weighted by molar-refractivity contribution is -0.130. The van der Waals surface area contributed by atoms with Gasteiger partial charge in [0.25, 0.3) is 0 Å². The molecule has 1 atom stereocenters. The van der Waals surface area contributed by atoms with Crippen LogP contribution in [0.25, 0.3) is 0 Å². The molecule has 1 saturated heterocycles. The minimum absolute atomic E-state index is 0.144. The Bertz CT molecular complexity index is 389. The quantitative estimate of drug-likeness (QED) is 0.835. The van der Waals surface area contributed by atoms with Crippen molar-refractivity contribution in [3.05, 3.63) is 29.8 Å². The lowest BCUT2D eigenvalue weighted by Gasteiger charge is -2.33. The second kappa shape index (κ2) is 5.19. The highest BCUT2D eigenvalue weighted by atomic mass is 16.5. The van der Waals surface area contributed by atoms with Gasteiger partial charge in [-0.15, -0.1) is 0 Å². The molecule has 4 heteroatoms. The first-order valence-corrected chi connectivity index (χ1v) is 5.83. The summed E-state index contributed by atoms with van der Waals surface area (Å²) in [5, 5.41) is 3.42. The highest BCUT2D eigenvalue weighted by molar-refractivity contribution is 5.73. The molecule has 0 saturated carbocycles. The molecule has 4 nitrogen and oxygen atoms in total. The number of piperazine rings is 1. The number of nitrogens with zero attached hydrogens (tertiary/aromatic N) is 1. The molecule has 1 aliphatic rings. The minimum Gasteiger partial charge on any atom is -0.497 e. The van der Waals surface area contributed by atoms with Crippen LogP contribution in [0.4, 0.5) is 0 Å². The van der Waals surface area contributed by atoms with Gasteiger partial charge in [-0.25, -0.2) is 0 Å². The van der Waals surface area contributed by atoms with E-state index in [0.29, 0.717) is 0 Å². The zero-order chi connectivity index (χ0) is 12.3. The summed E-state index contributed by atoms with van der Waals surface area (Å²) < 4.78 is 5.13. The van der Waals surface area contributed by atoms with Crippen LogP contribution >= 0.6 is 0 Å². The highest BCUT2D eigenvalue weighted by Gasteiger charge is 2.21. The number of hydrogen-bond donors (Lipinski definition) is 1. The number of carbonyl (C=O) groups is 1. The van der Waals surface area contributed by atoms with Crippen LogP contribution in [0.1, 0.15) is 18.5 Å². The van der Waals surface area contributed by atoms with E-state index in [9.17, 15) is 4.79 Å². The van der Waals surface area contributed by atoms with Crippen molar-refractivity contribution in [2.75, 3.05) is 26.7 Å². The number of methoxy groups -OCH3 is 1. The maximum absolute atomic E-state index is 11.4. The Labute approximate surface area is 102 Å². The van der Waals surface area contributed by atoms with Crippen LogP contribution in [-0.2, 0) is 4.79 Å². The van der Waals surface area contributed by atoms with Crippen molar-refractivity contribution >= 4 is 5.91 Å². The summed E-state index contributed by atoms with van der Waals surface area (Å²) in [4.78, 5) is 13.2. The summed E-state index contributed by atoms with van der Waals surface area (Å²) in [7, 11) is 1.66. The summed E-state index contributed by atoms with van der Waals surface area (Å²) in [5.74, 6) is 0.998. The standard InChI is InChI=1S/C13H18N2O2/c1-10(16)15-8-7-14-13(9-15)11-3-5-12(17-2)6-4-11/h3-6,13-14H,7-9H2,1-2H3/t13-/m1/s1. The smallest absolute Gasteiger partial charge is 0.219 e. The normalized spacial score (nSPS) is 20.1. The van der Waals surface area contributed by atoms with Crippen LogP contribution in [-0.4, -0.2) is 37.6 Å². The summed E-state index contributed by atoms with van der Waals surface area (Å²) in [6.07, 6.45) is 0. The first-order chi connectivity index (χ1) is 8.20. The molecule has 0 aliphatic carbocycles. The molecule has 1 amide bonds. The Hall–Kier alpha value is -1.55. The summed E-state index contributed by atoms with van der Waals surface area (Å²) >= 11 is 0. The van der Waals surface area contributed by atoms with Crippen molar-refractivity contribution in [2.24, 2.45) is 0 Å². The van der Waals surface area contributed by atoms with Gasteiger partial charge in [0.1, 0.15) is 5.75 Å². The fourth-order valence-corrected chi connectivity index (χ4v) is 2.10. The maximum atomic E-state index is 11.4. The van der Waals surface area contributed by atoms with Gasteiger partial charge in [-0.2, -0.15) is 0 Å². The maximum Gasteiger partial charge on any atom is 0.219 e. The average molecular weight is 234 g/mol. The number of amides is 1. The third-order valence-electron chi connectivity index (χ3n) is 3.14. The molecule has 1 aliphatic heterocycles. The SMILES string of the molecule is COc1ccc([C@H]2CN(C(C)=O)CCN2)cc1. The molecule has 17 heavy (non-hydrogen) atoms. The van der Waals surface area contributed by atoms with E-state index in [1.54, 1.807) is 14.0 Å². The van der Waals surface area contributed by atoms with E-state index in [2.05, 4.69) is 5.32 Å². The van der Waals surface area contributed by atoms with E-state index < -0.39 is 0 Å². The van der Waals surface area contributed by atoms with E-state index >= 15 is 0 Å². The van der Waals surface area contributed by atoms with Crippen molar-refractivity contribution in [1.29, 1.82) is 0 Å². The Balaban J connectivity index is 2.08. The van der Waals surface area contributed by atoms with E-state index in [1.165, 1.54) is 5.56 Å². The molecule has 0 unspecified atom stereocenters. The Morgan fingerprint density at radius 1 is 1.41 bits per heavy atom. The van der Waals surface area contributed by atoms with Crippen LogP contribution in [0.3, 0.4) is 0 Å². The zero-order valence-electron chi connectivity index (χ0n) is 10.3. The number of ether oxygens (including phenoxy) is 1. The van der Waals surface area contributed by atoms with E-state index in [4.69, 9.17) is 4.74 Å². The third-order valence-corrected chi connectivity index (χ3v) is 3.14. The summed E-state index contributed by atoms with van der Waals surface area (Å²) in [6.45, 7) is 4.00. The lowest BCUT2D eigenvalue weighted by atomic mass is 10.0. The number of carbonyl (C=O) groups excluding carboxylic acids is 1. The van der Waals surface area contributed by atoms with Gasteiger partial charge in [-0.3, -0.25) is 4.79 Å². The molecule has 1 fully saturated rings. The molecule has 2 rings (SSSR count). The van der Waals surface area contributed by atoms with Crippen molar-refractivity contribution in [2.45, 2.75) is 13.0 Å². The first kappa shape index (κ1) is 11.9. The van der Waals surface area contributed by atoms with Crippen LogP contribution in [0.5, 0.6) is 5.75 Å². The van der Waals surface area contributed by atoms with Gasteiger partial charge in [-0.05, 0) is 17.7 Å². The van der Waals surface area contributed by atoms with Crippen molar-refractivity contribution in [1.82, 2.24) is 10.2 Å². The molecule has 0 aromatic heterocycles. The van der Waals surface area contributed by atoms with Crippen molar-refractivity contribution in [3.8, 4) is 5.75 Å². The highest BCUT2D eigenvalue weighted by Crippen LogP contribution is 2.20. The molecule has 1 heterocycles.